The summed E-state index contributed by atoms with van der Waals surface area (Å²) in [5, 5.41) is 9.22. The van der Waals surface area contributed by atoms with Crippen molar-refractivity contribution in [3.8, 4) is 17.2 Å². The second-order valence-corrected chi connectivity index (χ2v) is 7.86. The Morgan fingerprint density at radius 3 is 2.73 bits per heavy atom. The molecule has 3 aliphatic heterocycles. The van der Waals surface area contributed by atoms with E-state index in [0.29, 0.717) is 23.0 Å². The molecule has 9 heteroatoms. The summed E-state index contributed by atoms with van der Waals surface area (Å²) in [6.07, 6.45) is 3.46. The second-order valence-electron chi connectivity index (χ2n) is 6.95. The molecule has 0 aliphatic carbocycles. The Kier molecular flexibility index (Phi) is 3.64. The lowest BCUT2D eigenvalue weighted by Crippen LogP contribution is -2.49. The number of aromatic nitrogens is 4. The first-order valence-corrected chi connectivity index (χ1v) is 10.2. The van der Waals surface area contributed by atoms with E-state index < -0.39 is 5.79 Å². The topological polar surface area (TPSA) is 80.5 Å². The molecule has 0 saturated carbocycles. The zero-order valence-electron chi connectivity index (χ0n) is 16.2. The Balaban J connectivity index is 1.34. The van der Waals surface area contributed by atoms with Gasteiger partial charge in [0.05, 0.1) is 31.1 Å². The number of para-hydroxylation sites is 1. The Morgan fingerprint density at radius 1 is 1.10 bits per heavy atom. The SMILES string of the molecule is COc1cc2c(cc1OC)C1=CC(CSn3c4ccccc4c4nncnc43)(O1)O2. The molecular weight excluding hydrogens is 404 g/mol. The van der Waals surface area contributed by atoms with Gasteiger partial charge in [0, 0.05) is 17.5 Å². The van der Waals surface area contributed by atoms with Crippen LogP contribution >= 0.6 is 11.9 Å². The van der Waals surface area contributed by atoms with Crippen LogP contribution in [-0.2, 0) is 4.74 Å². The number of rotatable bonds is 5. The molecule has 150 valence electrons. The van der Waals surface area contributed by atoms with Crippen LogP contribution in [0.15, 0.2) is 48.8 Å². The summed E-state index contributed by atoms with van der Waals surface area (Å²) in [5.41, 5.74) is 3.41. The van der Waals surface area contributed by atoms with Crippen LogP contribution < -0.4 is 14.2 Å². The molecule has 3 aliphatic rings. The van der Waals surface area contributed by atoms with E-state index in [2.05, 4.69) is 19.2 Å². The maximum atomic E-state index is 6.23. The Bertz CT molecular complexity index is 1300. The molecule has 2 aromatic carbocycles. The Hall–Kier alpha value is -3.46. The summed E-state index contributed by atoms with van der Waals surface area (Å²) >= 11 is 1.56. The maximum Gasteiger partial charge on any atom is 0.285 e. The quantitative estimate of drug-likeness (QED) is 0.484. The third-order valence-corrected chi connectivity index (χ3v) is 6.39. The first kappa shape index (κ1) is 17.4. The molecule has 0 radical (unpaired) electrons. The Labute approximate surface area is 175 Å². The van der Waals surface area contributed by atoms with Gasteiger partial charge in [0.25, 0.3) is 5.79 Å². The van der Waals surface area contributed by atoms with Gasteiger partial charge in [0.1, 0.15) is 23.4 Å². The average molecular weight is 420 g/mol. The van der Waals surface area contributed by atoms with E-state index >= 15 is 0 Å². The normalized spacial score (nSPS) is 18.8. The fourth-order valence-electron chi connectivity index (χ4n) is 3.84. The molecule has 0 amide bonds. The summed E-state index contributed by atoms with van der Waals surface area (Å²) in [6, 6.07) is 11.7. The van der Waals surface area contributed by atoms with Crippen molar-refractivity contribution in [1.82, 2.24) is 19.2 Å². The standard InChI is InChI=1S/C21H16N4O4S/c1-26-16-7-13-15(8-17(16)27-2)28-21(9-18(13)29-21)10-30-25-14-6-4-3-5-12(14)19-20(25)22-11-23-24-19/h3-9,11H,10H2,1-2H3. The summed E-state index contributed by atoms with van der Waals surface area (Å²) < 4.78 is 25.1. The molecule has 0 spiro atoms. The van der Waals surface area contributed by atoms with Crippen LogP contribution in [-0.4, -0.2) is 44.9 Å². The molecule has 2 aromatic heterocycles. The van der Waals surface area contributed by atoms with Crippen LogP contribution in [0.4, 0.5) is 0 Å². The van der Waals surface area contributed by atoms with Crippen molar-refractivity contribution >= 4 is 39.8 Å². The van der Waals surface area contributed by atoms with Gasteiger partial charge < -0.3 is 18.9 Å². The molecule has 30 heavy (non-hydrogen) atoms. The summed E-state index contributed by atoms with van der Waals surface area (Å²) in [5.74, 6) is 2.43. The van der Waals surface area contributed by atoms with Crippen molar-refractivity contribution in [3.05, 3.63) is 54.4 Å². The average Bonchev–Trinajstić information content (AvgIpc) is 3.09. The van der Waals surface area contributed by atoms with Gasteiger partial charge in [-0.1, -0.05) is 18.2 Å². The van der Waals surface area contributed by atoms with Crippen molar-refractivity contribution in [2.45, 2.75) is 5.79 Å². The van der Waals surface area contributed by atoms with Gasteiger partial charge in [-0.05, 0) is 24.1 Å². The first-order valence-electron chi connectivity index (χ1n) is 9.29. The fraction of sp³-hybridized carbons (Fsp3) is 0.190. The molecule has 1 unspecified atom stereocenters. The zero-order chi connectivity index (χ0) is 20.3. The van der Waals surface area contributed by atoms with Crippen molar-refractivity contribution in [2.24, 2.45) is 0 Å². The van der Waals surface area contributed by atoms with Crippen molar-refractivity contribution in [1.29, 1.82) is 0 Å². The van der Waals surface area contributed by atoms with Crippen LogP contribution in [0.25, 0.3) is 27.8 Å². The van der Waals surface area contributed by atoms with Crippen LogP contribution in [0, 0.1) is 0 Å². The van der Waals surface area contributed by atoms with E-state index in [0.717, 1.165) is 33.4 Å². The number of methoxy groups -OCH3 is 2. The van der Waals surface area contributed by atoms with Gasteiger partial charge in [0.2, 0.25) is 0 Å². The lowest BCUT2D eigenvalue weighted by atomic mass is 10.0. The van der Waals surface area contributed by atoms with Gasteiger partial charge in [-0.2, -0.15) is 0 Å². The third kappa shape index (κ3) is 2.38. The number of nitrogens with zero attached hydrogens (tertiary/aromatic N) is 4. The molecule has 0 fully saturated rings. The minimum atomic E-state index is -0.843. The molecule has 7 rings (SSSR count). The molecule has 4 aromatic rings. The predicted molar refractivity (Wildman–Crippen MR) is 113 cm³/mol. The summed E-state index contributed by atoms with van der Waals surface area (Å²) in [4.78, 5) is 4.44. The van der Waals surface area contributed by atoms with Gasteiger partial charge in [-0.15, -0.1) is 10.2 Å². The van der Waals surface area contributed by atoms with Gasteiger partial charge in [0.15, 0.2) is 17.1 Å². The van der Waals surface area contributed by atoms with Crippen LogP contribution in [0.3, 0.4) is 0 Å². The fourth-order valence-corrected chi connectivity index (χ4v) is 4.90. The highest BCUT2D eigenvalue weighted by atomic mass is 32.2. The highest BCUT2D eigenvalue weighted by Gasteiger charge is 2.48. The number of hydrogen-bond acceptors (Lipinski definition) is 8. The van der Waals surface area contributed by atoms with Crippen LogP contribution in [0.5, 0.6) is 17.2 Å². The van der Waals surface area contributed by atoms with E-state index in [-0.39, 0.29) is 0 Å². The number of hydrogen-bond donors (Lipinski definition) is 0. The third-order valence-electron chi connectivity index (χ3n) is 5.23. The first-order chi connectivity index (χ1) is 14.7. The van der Waals surface area contributed by atoms with E-state index in [4.69, 9.17) is 18.9 Å². The van der Waals surface area contributed by atoms with Crippen molar-refractivity contribution in [2.75, 3.05) is 20.0 Å². The van der Waals surface area contributed by atoms with Crippen LogP contribution in [0.1, 0.15) is 5.56 Å². The zero-order valence-corrected chi connectivity index (χ0v) is 17.0. The maximum absolute atomic E-state index is 6.23. The number of ether oxygens (including phenoxy) is 4. The molecule has 0 N–H and O–H groups in total. The lowest BCUT2D eigenvalue weighted by Gasteiger charge is -2.44. The highest BCUT2D eigenvalue weighted by Crippen LogP contribution is 2.51. The highest BCUT2D eigenvalue weighted by molar-refractivity contribution is 7.98. The van der Waals surface area contributed by atoms with Gasteiger partial charge >= 0.3 is 0 Å². The van der Waals surface area contributed by atoms with E-state index in [9.17, 15) is 0 Å². The second kappa shape index (κ2) is 6.27. The molecule has 2 bridgehead atoms. The predicted octanol–water partition coefficient (Wildman–Crippen LogP) is 3.65. The Morgan fingerprint density at radius 2 is 1.90 bits per heavy atom. The van der Waals surface area contributed by atoms with E-state index in [1.807, 2.05) is 42.5 Å². The van der Waals surface area contributed by atoms with Gasteiger partial charge in [-0.25, -0.2) is 4.98 Å². The van der Waals surface area contributed by atoms with E-state index in [1.165, 1.54) is 6.33 Å². The van der Waals surface area contributed by atoms with Crippen molar-refractivity contribution in [3.63, 3.8) is 0 Å². The van der Waals surface area contributed by atoms with E-state index in [1.54, 1.807) is 26.2 Å². The van der Waals surface area contributed by atoms with Crippen LogP contribution in [0.2, 0.25) is 0 Å². The lowest BCUT2D eigenvalue weighted by molar-refractivity contribution is -0.112. The smallest absolute Gasteiger partial charge is 0.285 e. The molecule has 0 saturated heterocycles. The largest absolute Gasteiger partial charge is 0.493 e. The monoisotopic (exact) mass is 420 g/mol. The summed E-state index contributed by atoms with van der Waals surface area (Å²) in [6.45, 7) is 0. The van der Waals surface area contributed by atoms with Crippen molar-refractivity contribution < 1.29 is 18.9 Å². The molecular formula is C21H16N4O4S. The molecule has 1 atom stereocenters. The van der Waals surface area contributed by atoms with Gasteiger partial charge in [-0.3, -0.25) is 3.97 Å². The molecule has 5 heterocycles. The minimum Gasteiger partial charge on any atom is -0.493 e. The molecule has 8 nitrogen and oxygen atoms in total. The number of fused-ring (bicyclic) bond motifs is 3. The summed E-state index contributed by atoms with van der Waals surface area (Å²) in [7, 11) is 3.21. The minimum absolute atomic E-state index is 0.530. The number of benzene rings is 2.